The zero-order valence-corrected chi connectivity index (χ0v) is 13.9. The van der Waals surface area contributed by atoms with Crippen LogP contribution in [0.5, 0.6) is 11.5 Å². The fourth-order valence-corrected chi connectivity index (χ4v) is 2.56. The van der Waals surface area contributed by atoms with Crippen LogP contribution in [0, 0.1) is 0 Å². The number of ether oxygens (including phenoxy) is 1. The summed E-state index contributed by atoms with van der Waals surface area (Å²) in [7, 11) is 0. The number of benzene rings is 2. The maximum Gasteiger partial charge on any atom is 0.132 e. The summed E-state index contributed by atoms with van der Waals surface area (Å²) < 4.78 is 5.99. The number of hydrogen-bond donors (Lipinski definition) is 1. The number of rotatable bonds is 6. The van der Waals surface area contributed by atoms with Crippen LogP contribution in [0.15, 0.2) is 47.4 Å². The Labute approximate surface area is 135 Å². The molecule has 0 bridgehead atoms. The van der Waals surface area contributed by atoms with Gasteiger partial charge in [0, 0.05) is 16.0 Å². The molecule has 1 atom stereocenters. The molecule has 0 saturated carbocycles. The number of hydrogen-bond acceptors (Lipinski definition) is 3. The Morgan fingerprint density at radius 2 is 1.90 bits per heavy atom. The third-order valence-corrected chi connectivity index (χ3v) is 4.30. The van der Waals surface area contributed by atoms with Crippen molar-refractivity contribution in [2.75, 3.05) is 6.26 Å². The van der Waals surface area contributed by atoms with Crippen molar-refractivity contribution in [1.82, 2.24) is 0 Å². The fraction of sp³-hybridized carbons (Fsp3) is 0.294. The molecule has 112 valence electrons. The fourth-order valence-electron chi connectivity index (χ4n) is 1.99. The van der Waals surface area contributed by atoms with E-state index < -0.39 is 0 Å². The van der Waals surface area contributed by atoms with Gasteiger partial charge in [-0.1, -0.05) is 24.6 Å². The van der Waals surface area contributed by atoms with Gasteiger partial charge in [-0.05, 0) is 61.1 Å². The van der Waals surface area contributed by atoms with E-state index in [1.807, 2.05) is 42.5 Å². The van der Waals surface area contributed by atoms with Crippen molar-refractivity contribution in [1.29, 1.82) is 0 Å². The lowest BCUT2D eigenvalue weighted by Gasteiger charge is -2.15. The van der Waals surface area contributed by atoms with Gasteiger partial charge in [0.05, 0.1) is 0 Å². The Bertz CT molecular complexity index is 586. The van der Waals surface area contributed by atoms with Crippen molar-refractivity contribution in [2.45, 2.75) is 30.7 Å². The minimum atomic E-state index is 0.132. The summed E-state index contributed by atoms with van der Waals surface area (Å²) in [5.41, 5.74) is 7.14. The van der Waals surface area contributed by atoms with Gasteiger partial charge in [-0.2, -0.15) is 0 Å². The molecule has 0 radical (unpaired) electrons. The first kappa shape index (κ1) is 16.2. The lowest BCUT2D eigenvalue weighted by Crippen LogP contribution is -2.21. The summed E-state index contributed by atoms with van der Waals surface area (Å²) in [5, 5.41) is 0.666. The third-order valence-electron chi connectivity index (χ3n) is 3.32. The predicted molar refractivity (Wildman–Crippen MR) is 91.7 cm³/mol. The molecule has 0 aliphatic carbocycles. The Balaban J connectivity index is 2.22. The van der Waals surface area contributed by atoms with E-state index >= 15 is 0 Å². The summed E-state index contributed by atoms with van der Waals surface area (Å²) in [6, 6.07) is 13.9. The van der Waals surface area contributed by atoms with E-state index in [-0.39, 0.29) is 6.04 Å². The maximum absolute atomic E-state index is 6.09. The molecule has 0 heterocycles. The second kappa shape index (κ2) is 7.74. The zero-order valence-electron chi connectivity index (χ0n) is 12.3. The first-order valence-electron chi connectivity index (χ1n) is 6.98. The first-order valence-corrected chi connectivity index (χ1v) is 8.58. The Morgan fingerprint density at radius 3 is 2.52 bits per heavy atom. The average molecular weight is 322 g/mol. The van der Waals surface area contributed by atoms with Crippen LogP contribution in [0.1, 0.15) is 18.9 Å². The molecule has 1 unspecified atom stereocenters. The zero-order chi connectivity index (χ0) is 15.2. The van der Waals surface area contributed by atoms with Crippen LogP contribution in [-0.2, 0) is 6.42 Å². The summed E-state index contributed by atoms with van der Waals surface area (Å²) in [6.07, 6.45) is 3.77. The van der Waals surface area contributed by atoms with E-state index in [1.54, 1.807) is 11.8 Å². The van der Waals surface area contributed by atoms with Crippen molar-refractivity contribution in [3.8, 4) is 11.5 Å². The molecule has 2 N–H and O–H groups in total. The van der Waals surface area contributed by atoms with Gasteiger partial charge in [-0.3, -0.25) is 0 Å². The van der Waals surface area contributed by atoms with Crippen LogP contribution in [0.3, 0.4) is 0 Å². The highest BCUT2D eigenvalue weighted by atomic mass is 35.5. The van der Waals surface area contributed by atoms with Crippen LogP contribution in [0.2, 0.25) is 5.02 Å². The average Bonchev–Trinajstić information content (AvgIpc) is 2.50. The van der Waals surface area contributed by atoms with Crippen molar-refractivity contribution >= 4 is 23.4 Å². The first-order chi connectivity index (χ1) is 10.1. The molecular formula is C17H20ClNOS. The van der Waals surface area contributed by atoms with Gasteiger partial charge in [0.2, 0.25) is 0 Å². The Hall–Kier alpha value is -1.16. The molecule has 2 rings (SSSR count). The summed E-state index contributed by atoms with van der Waals surface area (Å²) in [4.78, 5) is 1.21. The molecule has 0 fully saturated rings. The van der Waals surface area contributed by atoms with E-state index in [0.29, 0.717) is 5.02 Å². The van der Waals surface area contributed by atoms with E-state index in [1.165, 1.54) is 4.90 Å². The van der Waals surface area contributed by atoms with Gasteiger partial charge in [0.1, 0.15) is 11.5 Å². The Kier molecular flexibility index (Phi) is 5.97. The summed E-state index contributed by atoms with van der Waals surface area (Å²) in [5.74, 6) is 1.59. The molecule has 0 aliphatic rings. The van der Waals surface area contributed by atoms with Crippen LogP contribution in [0.4, 0.5) is 0 Å². The van der Waals surface area contributed by atoms with Crippen LogP contribution in [-0.4, -0.2) is 12.3 Å². The topological polar surface area (TPSA) is 35.2 Å². The van der Waals surface area contributed by atoms with Gasteiger partial charge >= 0.3 is 0 Å². The third kappa shape index (κ3) is 4.67. The molecule has 0 aromatic heterocycles. The number of nitrogens with two attached hydrogens (primary N) is 1. The van der Waals surface area contributed by atoms with Crippen LogP contribution < -0.4 is 10.5 Å². The molecule has 0 saturated heterocycles. The quantitative estimate of drug-likeness (QED) is 0.749. The second-order valence-corrected chi connectivity index (χ2v) is 6.22. The monoisotopic (exact) mass is 321 g/mol. The van der Waals surface area contributed by atoms with Crippen molar-refractivity contribution < 1.29 is 4.74 Å². The Morgan fingerprint density at radius 1 is 1.19 bits per heavy atom. The van der Waals surface area contributed by atoms with Crippen molar-refractivity contribution in [2.24, 2.45) is 5.73 Å². The SMILES string of the molecule is CCC(N)Cc1ccc(Cl)cc1Oc1ccc(SC)cc1. The summed E-state index contributed by atoms with van der Waals surface area (Å²) >= 11 is 7.79. The number of halogens is 1. The van der Waals surface area contributed by atoms with Gasteiger partial charge in [0.15, 0.2) is 0 Å². The standard InChI is InChI=1S/C17H20ClNOS/c1-3-14(19)10-12-4-5-13(18)11-17(12)20-15-6-8-16(21-2)9-7-15/h4-9,11,14H,3,10,19H2,1-2H3. The van der Waals surface area contributed by atoms with Gasteiger partial charge in [0.25, 0.3) is 0 Å². The van der Waals surface area contributed by atoms with Gasteiger partial charge in [-0.25, -0.2) is 0 Å². The molecule has 21 heavy (non-hydrogen) atoms. The smallest absolute Gasteiger partial charge is 0.132 e. The molecule has 4 heteroatoms. The van der Waals surface area contributed by atoms with Crippen molar-refractivity contribution in [3.05, 3.63) is 53.1 Å². The van der Waals surface area contributed by atoms with Gasteiger partial charge < -0.3 is 10.5 Å². The largest absolute Gasteiger partial charge is 0.457 e. The predicted octanol–water partition coefficient (Wildman–Crippen LogP) is 5.13. The van der Waals surface area contributed by atoms with Gasteiger partial charge in [-0.15, -0.1) is 11.8 Å². The van der Waals surface area contributed by atoms with E-state index in [2.05, 4.69) is 13.2 Å². The highest BCUT2D eigenvalue weighted by molar-refractivity contribution is 7.98. The molecule has 0 spiro atoms. The molecule has 0 amide bonds. The minimum absolute atomic E-state index is 0.132. The summed E-state index contributed by atoms with van der Waals surface area (Å²) in [6.45, 7) is 2.09. The molecule has 2 aromatic carbocycles. The highest BCUT2D eigenvalue weighted by Gasteiger charge is 2.10. The minimum Gasteiger partial charge on any atom is -0.457 e. The molecule has 0 aliphatic heterocycles. The van der Waals surface area contributed by atoms with Crippen LogP contribution in [0.25, 0.3) is 0 Å². The number of thioether (sulfide) groups is 1. The lowest BCUT2D eigenvalue weighted by molar-refractivity contribution is 0.472. The van der Waals surface area contributed by atoms with Crippen LogP contribution >= 0.6 is 23.4 Å². The maximum atomic E-state index is 6.09. The van der Waals surface area contributed by atoms with E-state index in [9.17, 15) is 0 Å². The normalized spacial score (nSPS) is 12.2. The lowest BCUT2D eigenvalue weighted by atomic mass is 10.0. The van der Waals surface area contributed by atoms with Crippen molar-refractivity contribution in [3.63, 3.8) is 0 Å². The molecule has 2 aromatic rings. The highest BCUT2D eigenvalue weighted by Crippen LogP contribution is 2.30. The molecule has 2 nitrogen and oxygen atoms in total. The second-order valence-electron chi connectivity index (χ2n) is 4.90. The van der Waals surface area contributed by atoms with E-state index in [4.69, 9.17) is 22.1 Å². The molecular weight excluding hydrogens is 302 g/mol. The van der Waals surface area contributed by atoms with E-state index in [0.717, 1.165) is 29.9 Å².